The molecule has 1 aromatic carbocycles. The fraction of sp³-hybridized carbons (Fsp3) is 0.308. The van der Waals surface area contributed by atoms with E-state index in [4.69, 9.17) is 17.3 Å². The molecule has 0 atom stereocenters. The molecule has 21 heavy (non-hydrogen) atoms. The van der Waals surface area contributed by atoms with Gasteiger partial charge in [-0.05, 0) is 25.1 Å². The van der Waals surface area contributed by atoms with Crippen molar-refractivity contribution >= 4 is 35.0 Å². The van der Waals surface area contributed by atoms with Crippen molar-refractivity contribution in [3.05, 3.63) is 35.1 Å². The summed E-state index contributed by atoms with van der Waals surface area (Å²) in [7, 11) is 0. The molecule has 0 spiro atoms. The Kier molecular flexibility index (Phi) is 5.60. The molecule has 0 radical (unpaired) electrons. The molecule has 1 aromatic heterocycles. The Morgan fingerprint density at radius 1 is 1.48 bits per heavy atom. The van der Waals surface area contributed by atoms with Crippen LogP contribution in [0.3, 0.4) is 0 Å². The summed E-state index contributed by atoms with van der Waals surface area (Å²) >= 11 is 7.20. The summed E-state index contributed by atoms with van der Waals surface area (Å²) in [6.45, 7) is 3.03. The van der Waals surface area contributed by atoms with Crippen LogP contribution in [0.1, 0.15) is 12.7 Å². The lowest BCUT2D eigenvalue weighted by atomic mass is 10.3. The van der Waals surface area contributed by atoms with Gasteiger partial charge in [0.05, 0.1) is 12.3 Å². The van der Waals surface area contributed by atoms with Crippen LogP contribution in [0.4, 0.5) is 5.69 Å². The molecule has 0 aliphatic rings. The molecule has 0 aliphatic heterocycles. The van der Waals surface area contributed by atoms with Crippen LogP contribution in [-0.2, 0) is 17.9 Å². The van der Waals surface area contributed by atoms with Crippen LogP contribution in [0.5, 0.6) is 0 Å². The molecule has 112 valence electrons. The minimum atomic E-state index is -0.123. The van der Waals surface area contributed by atoms with Crippen molar-refractivity contribution in [2.24, 2.45) is 5.73 Å². The number of aromatic nitrogens is 3. The fourth-order valence-electron chi connectivity index (χ4n) is 1.79. The number of nitrogens with one attached hydrogen (secondary N) is 1. The second-order valence-corrected chi connectivity index (χ2v) is 5.57. The summed E-state index contributed by atoms with van der Waals surface area (Å²) in [5.74, 6) is 0.840. The zero-order chi connectivity index (χ0) is 15.2. The van der Waals surface area contributed by atoms with Crippen LogP contribution in [0.25, 0.3) is 0 Å². The van der Waals surface area contributed by atoms with Crippen LogP contribution in [-0.4, -0.2) is 26.4 Å². The van der Waals surface area contributed by atoms with E-state index in [2.05, 4.69) is 15.5 Å². The first-order valence-corrected chi connectivity index (χ1v) is 7.80. The number of hydrogen-bond donors (Lipinski definition) is 2. The van der Waals surface area contributed by atoms with E-state index in [0.29, 0.717) is 22.4 Å². The Morgan fingerprint density at radius 3 is 2.95 bits per heavy atom. The highest BCUT2D eigenvalue weighted by molar-refractivity contribution is 7.99. The molecular formula is C13H16ClN5OS. The zero-order valence-electron chi connectivity index (χ0n) is 11.5. The molecule has 0 unspecified atom stereocenters. The predicted octanol–water partition coefficient (Wildman–Crippen LogP) is 2.14. The number of rotatable bonds is 6. The van der Waals surface area contributed by atoms with E-state index in [-0.39, 0.29) is 11.7 Å². The van der Waals surface area contributed by atoms with E-state index >= 15 is 0 Å². The molecule has 3 N–H and O–H groups in total. The number of carbonyl (C=O) groups excluding carboxylic acids is 1. The first-order chi connectivity index (χ1) is 10.1. The van der Waals surface area contributed by atoms with Gasteiger partial charge in [-0.3, -0.25) is 4.79 Å². The van der Waals surface area contributed by atoms with Gasteiger partial charge < -0.3 is 15.6 Å². The van der Waals surface area contributed by atoms with E-state index < -0.39 is 0 Å². The number of hydrogen-bond acceptors (Lipinski definition) is 5. The van der Waals surface area contributed by atoms with Crippen molar-refractivity contribution in [2.45, 2.75) is 25.2 Å². The maximum atomic E-state index is 11.9. The van der Waals surface area contributed by atoms with E-state index in [9.17, 15) is 4.79 Å². The molecule has 2 rings (SSSR count). The van der Waals surface area contributed by atoms with Crippen molar-refractivity contribution in [3.8, 4) is 0 Å². The SMILES string of the molecule is CCn1c(CN)nnc1SCC(=O)Nc1cccc(Cl)c1. The van der Waals surface area contributed by atoms with Gasteiger partial charge in [0.2, 0.25) is 5.91 Å². The zero-order valence-corrected chi connectivity index (χ0v) is 13.1. The third kappa shape index (κ3) is 4.20. The normalized spacial score (nSPS) is 10.6. The average molecular weight is 326 g/mol. The summed E-state index contributed by atoms with van der Waals surface area (Å²) < 4.78 is 1.90. The van der Waals surface area contributed by atoms with Gasteiger partial charge in [0, 0.05) is 17.3 Å². The van der Waals surface area contributed by atoms with Gasteiger partial charge in [0.1, 0.15) is 5.82 Å². The first-order valence-electron chi connectivity index (χ1n) is 6.44. The van der Waals surface area contributed by atoms with Crippen molar-refractivity contribution in [1.29, 1.82) is 0 Å². The molecule has 0 saturated carbocycles. The summed E-state index contributed by atoms with van der Waals surface area (Å²) in [5.41, 5.74) is 6.26. The molecule has 8 heteroatoms. The molecule has 2 aromatic rings. The summed E-state index contributed by atoms with van der Waals surface area (Å²) in [6.07, 6.45) is 0. The molecular weight excluding hydrogens is 310 g/mol. The Morgan fingerprint density at radius 2 is 2.29 bits per heavy atom. The number of nitrogens with zero attached hydrogens (tertiary/aromatic N) is 3. The highest BCUT2D eigenvalue weighted by Crippen LogP contribution is 2.18. The molecule has 1 heterocycles. The lowest BCUT2D eigenvalue weighted by Crippen LogP contribution is -2.15. The predicted molar refractivity (Wildman–Crippen MR) is 84.4 cm³/mol. The summed E-state index contributed by atoms with van der Waals surface area (Å²) in [4.78, 5) is 11.9. The van der Waals surface area contributed by atoms with Gasteiger partial charge in [0.15, 0.2) is 5.16 Å². The van der Waals surface area contributed by atoms with Crippen LogP contribution in [0, 0.1) is 0 Å². The second kappa shape index (κ2) is 7.44. The van der Waals surface area contributed by atoms with Crippen molar-refractivity contribution < 1.29 is 4.79 Å². The number of benzene rings is 1. The van der Waals surface area contributed by atoms with Crippen LogP contribution < -0.4 is 11.1 Å². The largest absolute Gasteiger partial charge is 0.325 e. The lowest BCUT2D eigenvalue weighted by molar-refractivity contribution is -0.113. The minimum Gasteiger partial charge on any atom is -0.325 e. The Balaban J connectivity index is 1.94. The standard InChI is InChI=1S/C13H16ClN5OS/c1-2-19-11(7-15)17-18-13(19)21-8-12(20)16-10-5-3-4-9(14)6-10/h3-6H,2,7-8,15H2,1H3,(H,16,20). The van der Waals surface area contributed by atoms with Crippen LogP contribution in [0.2, 0.25) is 5.02 Å². The molecule has 0 saturated heterocycles. The number of carbonyl (C=O) groups is 1. The average Bonchev–Trinajstić information content (AvgIpc) is 2.87. The number of halogens is 1. The number of thioether (sulfide) groups is 1. The van der Waals surface area contributed by atoms with Gasteiger partial charge in [-0.2, -0.15) is 0 Å². The van der Waals surface area contributed by atoms with Gasteiger partial charge in [-0.1, -0.05) is 29.4 Å². The monoisotopic (exact) mass is 325 g/mol. The molecule has 0 fully saturated rings. The van der Waals surface area contributed by atoms with Gasteiger partial charge in [-0.15, -0.1) is 10.2 Å². The number of anilines is 1. The van der Waals surface area contributed by atoms with Crippen LogP contribution in [0.15, 0.2) is 29.4 Å². The van der Waals surface area contributed by atoms with Gasteiger partial charge in [-0.25, -0.2) is 0 Å². The smallest absolute Gasteiger partial charge is 0.234 e. The molecule has 6 nitrogen and oxygen atoms in total. The number of nitrogens with two attached hydrogens (primary N) is 1. The van der Waals surface area contributed by atoms with Gasteiger partial charge in [0.25, 0.3) is 0 Å². The highest BCUT2D eigenvalue weighted by Gasteiger charge is 2.12. The fourth-order valence-corrected chi connectivity index (χ4v) is 2.80. The summed E-state index contributed by atoms with van der Waals surface area (Å²) in [6, 6.07) is 7.02. The Hall–Kier alpha value is -1.57. The van der Waals surface area contributed by atoms with Crippen LogP contribution >= 0.6 is 23.4 Å². The van der Waals surface area contributed by atoms with E-state index in [0.717, 1.165) is 12.4 Å². The first kappa shape index (κ1) is 15.8. The third-order valence-corrected chi connectivity index (χ3v) is 3.93. The summed E-state index contributed by atoms with van der Waals surface area (Å²) in [5, 5.41) is 12.1. The topological polar surface area (TPSA) is 85.8 Å². The van der Waals surface area contributed by atoms with Crippen molar-refractivity contribution in [1.82, 2.24) is 14.8 Å². The van der Waals surface area contributed by atoms with E-state index in [1.54, 1.807) is 24.3 Å². The van der Waals surface area contributed by atoms with Crippen molar-refractivity contribution in [2.75, 3.05) is 11.1 Å². The molecule has 1 amide bonds. The number of amides is 1. The molecule has 0 bridgehead atoms. The quantitative estimate of drug-likeness (QED) is 0.795. The van der Waals surface area contributed by atoms with Gasteiger partial charge >= 0.3 is 0 Å². The Bertz CT molecular complexity index is 631. The van der Waals surface area contributed by atoms with E-state index in [1.165, 1.54) is 11.8 Å². The minimum absolute atomic E-state index is 0.123. The third-order valence-electron chi connectivity index (χ3n) is 2.73. The maximum Gasteiger partial charge on any atom is 0.234 e. The lowest BCUT2D eigenvalue weighted by Gasteiger charge is -2.07. The maximum absolute atomic E-state index is 11.9. The Labute approximate surface area is 132 Å². The van der Waals surface area contributed by atoms with E-state index in [1.807, 2.05) is 11.5 Å². The van der Waals surface area contributed by atoms with Crippen molar-refractivity contribution in [3.63, 3.8) is 0 Å². The second-order valence-electron chi connectivity index (χ2n) is 4.19. The highest BCUT2D eigenvalue weighted by atomic mass is 35.5. The molecule has 0 aliphatic carbocycles.